The molecule has 0 aliphatic carbocycles. The lowest BCUT2D eigenvalue weighted by molar-refractivity contribution is 0.445. The van der Waals surface area contributed by atoms with Crippen molar-refractivity contribution in [3.05, 3.63) is 41.6 Å². The SMILES string of the molecule is CCN(CC)S(=O)(=O)c1cccc(-c2nnc(SCc3nc(C)c(C)o3)n2CC(C)C)c1. The van der Waals surface area contributed by atoms with E-state index in [1.807, 2.05) is 38.3 Å². The number of sulfonamides is 1. The van der Waals surface area contributed by atoms with Gasteiger partial charge in [0.25, 0.3) is 0 Å². The predicted octanol–water partition coefficient (Wildman–Crippen LogP) is 4.53. The van der Waals surface area contributed by atoms with Crippen LogP contribution in [0.25, 0.3) is 11.4 Å². The summed E-state index contributed by atoms with van der Waals surface area (Å²) >= 11 is 1.51. The van der Waals surface area contributed by atoms with Crippen LogP contribution in [0.4, 0.5) is 0 Å². The van der Waals surface area contributed by atoms with Crippen LogP contribution in [0.1, 0.15) is 45.0 Å². The third kappa shape index (κ3) is 5.24. The molecule has 2 heterocycles. The minimum absolute atomic E-state index is 0.262. The fourth-order valence-electron chi connectivity index (χ4n) is 3.37. The first-order chi connectivity index (χ1) is 15.2. The van der Waals surface area contributed by atoms with Crippen LogP contribution in [-0.2, 0) is 22.3 Å². The predicted molar refractivity (Wildman–Crippen MR) is 126 cm³/mol. The summed E-state index contributed by atoms with van der Waals surface area (Å²) in [4.78, 5) is 4.70. The summed E-state index contributed by atoms with van der Waals surface area (Å²) in [6, 6.07) is 6.94. The Hall–Kier alpha value is -2.17. The van der Waals surface area contributed by atoms with Crippen molar-refractivity contribution < 1.29 is 12.8 Å². The number of nitrogens with zero attached hydrogens (tertiary/aromatic N) is 5. The maximum Gasteiger partial charge on any atom is 0.243 e. The highest BCUT2D eigenvalue weighted by atomic mass is 32.2. The average Bonchev–Trinajstić information content (AvgIpc) is 3.29. The zero-order valence-electron chi connectivity index (χ0n) is 19.5. The quantitative estimate of drug-likeness (QED) is 0.396. The number of benzene rings is 1. The van der Waals surface area contributed by atoms with Gasteiger partial charge in [-0.1, -0.05) is 51.6 Å². The molecule has 32 heavy (non-hydrogen) atoms. The Balaban J connectivity index is 1.95. The van der Waals surface area contributed by atoms with E-state index in [1.54, 1.807) is 18.2 Å². The maximum atomic E-state index is 13.0. The maximum absolute atomic E-state index is 13.0. The number of aryl methyl sites for hydroxylation is 2. The number of hydrogen-bond acceptors (Lipinski definition) is 7. The summed E-state index contributed by atoms with van der Waals surface area (Å²) in [5.74, 6) is 3.02. The molecule has 2 aromatic heterocycles. The van der Waals surface area contributed by atoms with Crippen molar-refractivity contribution in [1.82, 2.24) is 24.1 Å². The Morgan fingerprint density at radius 2 is 1.88 bits per heavy atom. The van der Waals surface area contributed by atoms with Crippen molar-refractivity contribution in [1.29, 1.82) is 0 Å². The molecule has 0 saturated heterocycles. The van der Waals surface area contributed by atoms with E-state index in [-0.39, 0.29) is 4.90 Å². The van der Waals surface area contributed by atoms with E-state index >= 15 is 0 Å². The Morgan fingerprint density at radius 3 is 2.47 bits per heavy atom. The fraction of sp³-hybridized carbons (Fsp3) is 0.500. The van der Waals surface area contributed by atoms with Crippen LogP contribution < -0.4 is 0 Å². The minimum Gasteiger partial charge on any atom is -0.445 e. The van der Waals surface area contributed by atoms with Crippen LogP contribution >= 0.6 is 11.8 Å². The van der Waals surface area contributed by atoms with Gasteiger partial charge in [0.15, 0.2) is 11.0 Å². The summed E-state index contributed by atoms with van der Waals surface area (Å²) in [6.45, 7) is 13.3. The second kappa shape index (κ2) is 10.2. The van der Waals surface area contributed by atoms with Crippen LogP contribution in [0.3, 0.4) is 0 Å². The molecule has 0 aliphatic rings. The minimum atomic E-state index is -3.56. The molecule has 10 heteroatoms. The van der Waals surface area contributed by atoms with Crippen molar-refractivity contribution >= 4 is 21.8 Å². The van der Waals surface area contributed by atoms with E-state index in [1.165, 1.54) is 16.1 Å². The van der Waals surface area contributed by atoms with Gasteiger partial charge in [0, 0.05) is 25.2 Å². The van der Waals surface area contributed by atoms with Gasteiger partial charge in [-0.2, -0.15) is 4.31 Å². The highest BCUT2D eigenvalue weighted by Crippen LogP contribution is 2.29. The summed E-state index contributed by atoms with van der Waals surface area (Å²) in [5, 5.41) is 9.56. The van der Waals surface area contributed by atoms with Gasteiger partial charge in [0.05, 0.1) is 16.3 Å². The van der Waals surface area contributed by atoms with E-state index in [0.717, 1.165) is 22.2 Å². The molecule has 0 bridgehead atoms. The first-order valence-corrected chi connectivity index (χ1v) is 13.2. The van der Waals surface area contributed by atoms with Crippen molar-refractivity contribution in [2.24, 2.45) is 5.92 Å². The smallest absolute Gasteiger partial charge is 0.243 e. The fourth-order valence-corrected chi connectivity index (χ4v) is 5.67. The van der Waals surface area contributed by atoms with Gasteiger partial charge in [-0.15, -0.1) is 10.2 Å². The topological polar surface area (TPSA) is 94.1 Å². The van der Waals surface area contributed by atoms with Crippen LogP contribution in [0.5, 0.6) is 0 Å². The van der Waals surface area contributed by atoms with Crippen LogP contribution in [-0.4, -0.2) is 45.6 Å². The summed E-state index contributed by atoms with van der Waals surface area (Å²) in [6.07, 6.45) is 0. The van der Waals surface area contributed by atoms with Gasteiger partial charge in [-0.3, -0.25) is 0 Å². The number of aromatic nitrogens is 4. The van der Waals surface area contributed by atoms with Crippen LogP contribution in [0.2, 0.25) is 0 Å². The standard InChI is InChI=1S/C22H31N5O3S2/c1-7-26(8-2)32(28,29)19-11-9-10-18(12-19)21-24-25-22(27(21)13-15(3)4)31-14-20-23-16(5)17(6)30-20/h9-12,15H,7-8,13-14H2,1-6H3. The Bertz CT molecular complexity index is 1140. The molecule has 0 N–H and O–H groups in total. The van der Waals surface area contributed by atoms with Crippen molar-refractivity contribution in [2.45, 2.75) is 63.9 Å². The summed E-state index contributed by atoms with van der Waals surface area (Å²) in [5.41, 5.74) is 1.61. The molecule has 0 saturated carbocycles. The van der Waals surface area contributed by atoms with Gasteiger partial charge in [0.2, 0.25) is 15.9 Å². The monoisotopic (exact) mass is 477 g/mol. The Labute approximate surface area is 194 Å². The van der Waals surface area contributed by atoms with Crippen molar-refractivity contribution in [2.75, 3.05) is 13.1 Å². The molecule has 0 aliphatic heterocycles. The molecule has 0 amide bonds. The number of oxazole rings is 1. The Morgan fingerprint density at radius 1 is 1.16 bits per heavy atom. The lowest BCUT2D eigenvalue weighted by Crippen LogP contribution is -2.30. The lowest BCUT2D eigenvalue weighted by atomic mass is 10.2. The zero-order valence-corrected chi connectivity index (χ0v) is 21.1. The number of hydrogen-bond donors (Lipinski definition) is 0. The third-order valence-electron chi connectivity index (χ3n) is 5.10. The van der Waals surface area contributed by atoms with Gasteiger partial charge < -0.3 is 8.98 Å². The van der Waals surface area contributed by atoms with Crippen LogP contribution in [0.15, 0.2) is 38.7 Å². The number of rotatable bonds is 10. The second-order valence-electron chi connectivity index (χ2n) is 7.97. The number of thioether (sulfide) groups is 1. The van der Waals surface area contributed by atoms with E-state index < -0.39 is 10.0 Å². The normalized spacial score (nSPS) is 12.2. The van der Waals surface area contributed by atoms with Crippen molar-refractivity contribution in [3.63, 3.8) is 0 Å². The molecule has 3 aromatic rings. The van der Waals surface area contributed by atoms with Gasteiger partial charge in [-0.25, -0.2) is 13.4 Å². The second-order valence-corrected chi connectivity index (χ2v) is 10.8. The highest BCUT2D eigenvalue weighted by Gasteiger charge is 2.23. The van der Waals surface area contributed by atoms with E-state index in [4.69, 9.17) is 4.42 Å². The lowest BCUT2D eigenvalue weighted by Gasteiger charge is -2.19. The zero-order chi connectivity index (χ0) is 23.5. The molecule has 0 radical (unpaired) electrons. The molecule has 8 nitrogen and oxygen atoms in total. The molecule has 0 unspecified atom stereocenters. The largest absolute Gasteiger partial charge is 0.445 e. The summed E-state index contributed by atoms with van der Waals surface area (Å²) in [7, 11) is -3.56. The molecular weight excluding hydrogens is 446 g/mol. The van der Waals surface area contributed by atoms with Gasteiger partial charge in [-0.05, 0) is 31.9 Å². The molecule has 1 aromatic carbocycles. The molecule has 0 spiro atoms. The van der Waals surface area contributed by atoms with Crippen LogP contribution in [0, 0.1) is 19.8 Å². The van der Waals surface area contributed by atoms with Gasteiger partial charge in [0.1, 0.15) is 5.76 Å². The molecule has 174 valence electrons. The third-order valence-corrected chi connectivity index (χ3v) is 8.09. The summed E-state index contributed by atoms with van der Waals surface area (Å²) < 4.78 is 35.2. The highest BCUT2D eigenvalue weighted by molar-refractivity contribution is 7.98. The first kappa shape index (κ1) is 24.5. The van der Waals surface area contributed by atoms with E-state index in [0.29, 0.717) is 43.0 Å². The molecular formula is C22H31N5O3S2. The van der Waals surface area contributed by atoms with E-state index in [2.05, 4.69) is 29.0 Å². The molecule has 0 atom stereocenters. The first-order valence-electron chi connectivity index (χ1n) is 10.8. The molecule has 0 fully saturated rings. The molecule has 3 rings (SSSR count). The van der Waals surface area contributed by atoms with Crippen molar-refractivity contribution in [3.8, 4) is 11.4 Å². The van der Waals surface area contributed by atoms with Gasteiger partial charge >= 0.3 is 0 Å². The average molecular weight is 478 g/mol. The Kier molecular flexibility index (Phi) is 7.79. The van der Waals surface area contributed by atoms with E-state index in [9.17, 15) is 8.42 Å².